The number of terminal acetylenes is 1. The molecule has 0 atom stereocenters. The average Bonchev–Trinajstić information content (AvgIpc) is 2.49. The highest BCUT2D eigenvalue weighted by Gasteiger charge is 2.01. The van der Waals surface area contributed by atoms with Crippen LogP contribution in [-0.4, -0.2) is 52.2 Å². The Balaban J connectivity index is 3.11. The summed E-state index contributed by atoms with van der Waals surface area (Å²) in [5.41, 5.74) is 0. The third-order valence-corrected chi connectivity index (χ3v) is 2.65. The lowest BCUT2D eigenvalue weighted by Crippen LogP contribution is -2.13. The molecule has 0 amide bonds. The number of hydrogen-bond donors (Lipinski definition) is 0. The zero-order valence-corrected chi connectivity index (χ0v) is 13.1. The van der Waals surface area contributed by atoms with Crippen LogP contribution in [0.25, 0.3) is 0 Å². The first-order chi connectivity index (χ1) is 10.3. The molecule has 0 rings (SSSR count). The van der Waals surface area contributed by atoms with E-state index in [1.54, 1.807) is 0 Å². The summed E-state index contributed by atoms with van der Waals surface area (Å²) in [6, 6.07) is 0. The van der Waals surface area contributed by atoms with Gasteiger partial charge in [-0.2, -0.15) is 0 Å². The van der Waals surface area contributed by atoms with E-state index in [2.05, 4.69) is 12.8 Å². The molecule has 0 aromatic rings. The molecule has 0 fully saturated rings. The molecule has 0 bridgehead atoms. The molecule has 122 valence electrons. The van der Waals surface area contributed by atoms with Gasteiger partial charge < -0.3 is 18.9 Å². The molecule has 0 aliphatic heterocycles. The van der Waals surface area contributed by atoms with Gasteiger partial charge in [0.2, 0.25) is 0 Å². The highest BCUT2D eigenvalue weighted by Crippen LogP contribution is 2.03. The normalized spacial score (nSPS) is 10.3. The summed E-state index contributed by atoms with van der Waals surface area (Å²) < 4.78 is 20.6. The van der Waals surface area contributed by atoms with Crippen molar-refractivity contribution in [2.75, 3.05) is 46.2 Å². The average molecular weight is 300 g/mol. The minimum Gasteiger partial charge on any atom is -0.463 e. The molecular formula is C16H28O5. The monoisotopic (exact) mass is 300 g/mol. The maximum absolute atomic E-state index is 11.3. The van der Waals surface area contributed by atoms with E-state index in [9.17, 15) is 4.79 Å². The van der Waals surface area contributed by atoms with Gasteiger partial charge in [0.25, 0.3) is 0 Å². The Hall–Kier alpha value is -1.09. The topological polar surface area (TPSA) is 54.0 Å². The first-order valence-electron chi connectivity index (χ1n) is 7.63. The van der Waals surface area contributed by atoms with E-state index in [0.717, 1.165) is 12.8 Å². The zero-order valence-electron chi connectivity index (χ0n) is 13.1. The summed E-state index contributed by atoms with van der Waals surface area (Å²) in [7, 11) is 0. The van der Waals surface area contributed by atoms with Crippen LogP contribution < -0.4 is 0 Å². The van der Waals surface area contributed by atoms with Crippen molar-refractivity contribution in [1.82, 2.24) is 0 Å². The van der Waals surface area contributed by atoms with Crippen LogP contribution in [0.4, 0.5) is 0 Å². The highest BCUT2D eigenvalue weighted by atomic mass is 16.6. The van der Waals surface area contributed by atoms with E-state index < -0.39 is 0 Å². The maximum atomic E-state index is 11.3. The van der Waals surface area contributed by atoms with Crippen molar-refractivity contribution in [2.24, 2.45) is 0 Å². The molecule has 0 aliphatic rings. The lowest BCUT2D eigenvalue weighted by atomic mass is 10.2. The van der Waals surface area contributed by atoms with Crippen LogP contribution >= 0.6 is 0 Å². The van der Waals surface area contributed by atoms with Crippen LogP contribution in [0.5, 0.6) is 0 Å². The highest BCUT2D eigenvalue weighted by molar-refractivity contribution is 5.69. The lowest BCUT2D eigenvalue weighted by molar-refractivity contribution is -0.145. The molecule has 0 saturated heterocycles. The molecule has 0 aromatic carbocycles. The second kappa shape index (κ2) is 17.0. The van der Waals surface area contributed by atoms with E-state index in [1.165, 1.54) is 12.8 Å². The van der Waals surface area contributed by atoms with Crippen LogP contribution in [0, 0.1) is 12.3 Å². The van der Waals surface area contributed by atoms with Crippen molar-refractivity contribution in [2.45, 2.75) is 39.0 Å². The fourth-order valence-electron chi connectivity index (χ4n) is 1.55. The first-order valence-corrected chi connectivity index (χ1v) is 7.63. The van der Waals surface area contributed by atoms with Crippen molar-refractivity contribution in [3.05, 3.63) is 0 Å². The fourth-order valence-corrected chi connectivity index (χ4v) is 1.55. The smallest absolute Gasteiger partial charge is 0.305 e. The summed E-state index contributed by atoms with van der Waals surface area (Å²) in [6.07, 6.45) is 9.86. The van der Waals surface area contributed by atoms with Gasteiger partial charge in [-0.15, -0.1) is 6.42 Å². The van der Waals surface area contributed by atoms with Gasteiger partial charge in [0.1, 0.15) is 13.2 Å². The van der Waals surface area contributed by atoms with Crippen molar-refractivity contribution in [3.8, 4) is 12.3 Å². The molecule has 21 heavy (non-hydrogen) atoms. The van der Waals surface area contributed by atoms with Gasteiger partial charge >= 0.3 is 5.97 Å². The number of carbonyl (C=O) groups excluding carboxylic acids is 1. The van der Waals surface area contributed by atoms with Gasteiger partial charge in [0, 0.05) is 6.42 Å². The first kappa shape index (κ1) is 19.9. The number of unbranched alkanes of at least 4 members (excludes halogenated alkanes) is 3. The van der Waals surface area contributed by atoms with E-state index in [-0.39, 0.29) is 5.97 Å². The van der Waals surface area contributed by atoms with Crippen LogP contribution in [-0.2, 0) is 23.7 Å². The van der Waals surface area contributed by atoms with Gasteiger partial charge in [-0.05, 0) is 6.42 Å². The van der Waals surface area contributed by atoms with Crippen molar-refractivity contribution in [1.29, 1.82) is 0 Å². The second-order valence-electron chi connectivity index (χ2n) is 4.51. The summed E-state index contributed by atoms with van der Waals surface area (Å²) >= 11 is 0. The Morgan fingerprint density at radius 1 is 0.905 bits per heavy atom. The summed E-state index contributed by atoms with van der Waals surface area (Å²) in [5, 5.41) is 0. The third kappa shape index (κ3) is 16.9. The van der Waals surface area contributed by atoms with Crippen LogP contribution in [0.3, 0.4) is 0 Å². The van der Waals surface area contributed by atoms with Crippen LogP contribution in [0.1, 0.15) is 39.0 Å². The van der Waals surface area contributed by atoms with E-state index >= 15 is 0 Å². The Morgan fingerprint density at radius 3 is 2.14 bits per heavy atom. The molecule has 0 unspecified atom stereocenters. The Kier molecular flexibility index (Phi) is 16.1. The van der Waals surface area contributed by atoms with E-state index in [4.69, 9.17) is 25.4 Å². The van der Waals surface area contributed by atoms with Crippen LogP contribution in [0.15, 0.2) is 0 Å². The summed E-state index contributed by atoms with van der Waals surface area (Å²) in [5.74, 6) is 2.23. The Bertz CT molecular complexity index is 272. The zero-order chi connectivity index (χ0) is 15.6. The van der Waals surface area contributed by atoms with Gasteiger partial charge in [0.05, 0.1) is 33.0 Å². The number of hydrogen-bond acceptors (Lipinski definition) is 5. The predicted molar refractivity (Wildman–Crippen MR) is 81.0 cm³/mol. The molecule has 0 N–H and O–H groups in total. The van der Waals surface area contributed by atoms with Gasteiger partial charge in [0.15, 0.2) is 0 Å². The van der Waals surface area contributed by atoms with Gasteiger partial charge in [-0.1, -0.05) is 32.1 Å². The molecule has 0 saturated carbocycles. The van der Waals surface area contributed by atoms with Crippen molar-refractivity contribution < 1.29 is 23.7 Å². The molecule has 0 heterocycles. The van der Waals surface area contributed by atoms with E-state index in [0.29, 0.717) is 52.7 Å². The maximum Gasteiger partial charge on any atom is 0.305 e. The quantitative estimate of drug-likeness (QED) is 0.264. The molecular weight excluding hydrogens is 272 g/mol. The molecule has 0 aliphatic carbocycles. The minimum absolute atomic E-state index is 0.142. The summed E-state index contributed by atoms with van der Waals surface area (Å²) in [6.45, 7) is 5.11. The van der Waals surface area contributed by atoms with Crippen LogP contribution in [0.2, 0.25) is 0 Å². The van der Waals surface area contributed by atoms with Crippen molar-refractivity contribution >= 4 is 5.97 Å². The molecule has 0 spiro atoms. The second-order valence-corrected chi connectivity index (χ2v) is 4.51. The Labute approximate surface area is 128 Å². The molecule has 0 aromatic heterocycles. The van der Waals surface area contributed by atoms with Gasteiger partial charge in [-0.3, -0.25) is 4.79 Å². The largest absolute Gasteiger partial charge is 0.463 e. The molecule has 0 radical (unpaired) electrons. The number of ether oxygens (including phenoxy) is 4. The number of esters is 1. The van der Waals surface area contributed by atoms with Crippen molar-refractivity contribution in [3.63, 3.8) is 0 Å². The SMILES string of the molecule is C#CCOCCOCCOCCOC(=O)CCCCCC. The standard InChI is InChI=1S/C16H28O5/c1-3-5-6-7-8-16(17)21-15-14-20-13-12-19-11-10-18-9-4-2/h2H,3,5-15H2,1H3. The number of rotatable bonds is 15. The lowest BCUT2D eigenvalue weighted by Gasteiger charge is -2.07. The van der Waals surface area contributed by atoms with Gasteiger partial charge in [-0.25, -0.2) is 0 Å². The van der Waals surface area contributed by atoms with E-state index in [1.807, 2.05) is 0 Å². The molecule has 5 nitrogen and oxygen atoms in total. The Morgan fingerprint density at radius 2 is 1.52 bits per heavy atom. The minimum atomic E-state index is -0.142. The predicted octanol–water partition coefficient (Wildman–Crippen LogP) is 2.18. The fraction of sp³-hybridized carbons (Fsp3) is 0.812. The summed E-state index contributed by atoms with van der Waals surface area (Å²) in [4.78, 5) is 11.3. The third-order valence-electron chi connectivity index (χ3n) is 2.65. The number of carbonyl (C=O) groups is 1. The molecule has 5 heteroatoms.